The summed E-state index contributed by atoms with van der Waals surface area (Å²) in [5, 5.41) is 8.64. The van der Waals surface area contributed by atoms with Gasteiger partial charge >= 0.3 is 0 Å². The van der Waals surface area contributed by atoms with Gasteiger partial charge in [0, 0.05) is 61.5 Å². The number of hydrogen-bond donors (Lipinski definition) is 1. The van der Waals surface area contributed by atoms with E-state index in [2.05, 4.69) is 32.2 Å². The molecular weight excluding hydrogens is 459 g/mol. The van der Waals surface area contributed by atoms with Gasteiger partial charge in [0.25, 0.3) is 0 Å². The normalized spacial score (nSPS) is 13.6. The van der Waals surface area contributed by atoms with Crippen LogP contribution < -0.4 is 14.8 Å². The topological polar surface area (TPSA) is 77.3 Å². The SMILES string of the molecule is COc1cc2ncnc(Nc3ccc(F)c(C)c3)c2cc1OCCCN1CCc2c(c(C)nn2C)C1. The van der Waals surface area contributed by atoms with Crippen molar-refractivity contribution in [3.05, 3.63) is 65.0 Å². The molecule has 0 atom stereocenters. The first-order valence-electron chi connectivity index (χ1n) is 12.2. The van der Waals surface area contributed by atoms with E-state index in [1.807, 2.05) is 23.9 Å². The Kier molecular flexibility index (Phi) is 6.73. The van der Waals surface area contributed by atoms with Crippen LogP contribution in [0.25, 0.3) is 10.9 Å². The number of benzene rings is 2. The molecule has 1 aliphatic heterocycles. The molecule has 0 amide bonds. The fourth-order valence-electron chi connectivity index (χ4n) is 4.79. The van der Waals surface area contributed by atoms with Crippen molar-refractivity contribution in [3.8, 4) is 11.5 Å². The summed E-state index contributed by atoms with van der Waals surface area (Å²) < 4.78 is 27.4. The molecule has 36 heavy (non-hydrogen) atoms. The number of methoxy groups -OCH3 is 1. The van der Waals surface area contributed by atoms with Gasteiger partial charge in [-0.2, -0.15) is 5.10 Å². The Balaban J connectivity index is 1.27. The first-order valence-corrected chi connectivity index (χ1v) is 12.2. The second-order valence-electron chi connectivity index (χ2n) is 9.19. The molecule has 0 fully saturated rings. The molecule has 3 heterocycles. The van der Waals surface area contributed by atoms with Gasteiger partial charge in [-0.05, 0) is 50.1 Å². The van der Waals surface area contributed by atoms with Gasteiger partial charge < -0.3 is 14.8 Å². The van der Waals surface area contributed by atoms with Gasteiger partial charge in [0.05, 0.1) is 24.9 Å². The average Bonchev–Trinajstić information content (AvgIpc) is 3.16. The van der Waals surface area contributed by atoms with E-state index in [1.165, 1.54) is 23.7 Å². The van der Waals surface area contributed by atoms with Crippen LogP contribution in [0.3, 0.4) is 0 Å². The predicted molar refractivity (Wildman–Crippen MR) is 138 cm³/mol. The number of ether oxygens (including phenoxy) is 2. The Labute approximate surface area is 210 Å². The molecule has 9 heteroatoms. The van der Waals surface area contributed by atoms with Crippen molar-refractivity contribution in [2.24, 2.45) is 7.05 Å². The Morgan fingerprint density at radius 1 is 1.11 bits per heavy atom. The molecule has 0 saturated heterocycles. The lowest BCUT2D eigenvalue weighted by Gasteiger charge is -2.27. The van der Waals surface area contributed by atoms with Crippen LogP contribution in [-0.4, -0.2) is 51.5 Å². The number of aryl methyl sites for hydroxylation is 3. The quantitative estimate of drug-likeness (QED) is 0.359. The van der Waals surface area contributed by atoms with E-state index in [0.717, 1.165) is 54.8 Å². The van der Waals surface area contributed by atoms with E-state index < -0.39 is 0 Å². The fraction of sp³-hybridized carbons (Fsp3) is 0.370. The van der Waals surface area contributed by atoms with Gasteiger partial charge in [0.1, 0.15) is 18.0 Å². The smallest absolute Gasteiger partial charge is 0.162 e. The number of rotatable bonds is 8. The number of halogens is 1. The highest BCUT2D eigenvalue weighted by Crippen LogP contribution is 2.35. The molecule has 2 aromatic heterocycles. The first kappa shape index (κ1) is 24.0. The minimum Gasteiger partial charge on any atom is -0.493 e. The van der Waals surface area contributed by atoms with Crippen LogP contribution >= 0.6 is 0 Å². The van der Waals surface area contributed by atoms with Crippen LogP contribution in [-0.2, 0) is 20.0 Å². The largest absolute Gasteiger partial charge is 0.493 e. The number of anilines is 2. The lowest BCUT2D eigenvalue weighted by Crippen LogP contribution is -2.32. The molecular formula is C27H31FN6O2. The molecule has 1 aliphatic rings. The number of nitrogens with one attached hydrogen (secondary N) is 1. The van der Waals surface area contributed by atoms with E-state index in [0.29, 0.717) is 29.5 Å². The molecule has 0 bridgehead atoms. The van der Waals surface area contributed by atoms with Crippen LogP contribution in [0.4, 0.5) is 15.9 Å². The molecule has 1 N–H and O–H groups in total. The lowest BCUT2D eigenvalue weighted by molar-refractivity contribution is 0.216. The summed E-state index contributed by atoms with van der Waals surface area (Å²) in [6, 6.07) is 8.63. The third kappa shape index (κ3) is 4.83. The Morgan fingerprint density at radius 3 is 2.78 bits per heavy atom. The maximum atomic E-state index is 13.7. The van der Waals surface area contributed by atoms with Crippen molar-refractivity contribution in [1.82, 2.24) is 24.6 Å². The summed E-state index contributed by atoms with van der Waals surface area (Å²) in [6.45, 7) is 7.29. The third-order valence-corrected chi connectivity index (χ3v) is 6.74. The molecule has 0 spiro atoms. The second-order valence-corrected chi connectivity index (χ2v) is 9.19. The monoisotopic (exact) mass is 490 g/mol. The summed E-state index contributed by atoms with van der Waals surface area (Å²) in [4.78, 5) is 11.3. The maximum absolute atomic E-state index is 13.7. The molecule has 0 radical (unpaired) electrons. The summed E-state index contributed by atoms with van der Waals surface area (Å²) in [5.74, 6) is 1.64. The standard InChI is InChI=1S/C27H31FN6O2/c1-17-12-19(6-7-22(17)28)31-27-20-13-26(25(35-4)14-23(20)29-16-30-27)36-11-5-9-34-10-8-24-21(15-34)18(2)32-33(24)3/h6-7,12-14,16H,5,8-11,15H2,1-4H3,(H,29,30,31). The zero-order valence-electron chi connectivity index (χ0n) is 21.1. The molecule has 2 aromatic carbocycles. The number of nitrogens with zero attached hydrogens (tertiary/aromatic N) is 5. The van der Waals surface area contributed by atoms with E-state index in [4.69, 9.17) is 9.47 Å². The number of fused-ring (bicyclic) bond motifs is 2. The molecule has 5 rings (SSSR count). The van der Waals surface area contributed by atoms with Crippen LogP contribution in [0.15, 0.2) is 36.7 Å². The van der Waals surface area contributed by atoms with Gasteiger partial charge in [-0.3, -0.25) is 9.58 Å². The van der Waals surface area contributed by atoms with Crippen LogP contribution in [0.2, 0.25) is 0 Å². The van der Waals surface area contributed by atoms with E-state index in [1.54, 1.807) is 26.2 Å². The fourth-order valence-corrected chi connectivity index (χ4v) is 4.79. The predicted octanol–water partition coefficient (Wildman–Crippen LogP) is 4.70. The van der Waals surface area contributed by atoms with Crippen LogP contribution in [0.1, 0.15) is 28.9 Å². The molecule has 0 unspecified atom stereocenters. The van der Waals surface area contributed by atoms with Crippen molar-refractivity contribution in [2.45, 2.75) is 33.2 Å². The Morgan fingerprint density at radius 2 is 1.97 bits per heavy atom. The zero-order chi connectivity index (χ0) is 25.2. The van der Waals surface area contributed by atoms with E-state index in [9.17, 15) is 4.39 Å². The molecule has 8 nitrogen and oxygen atoms in total. The van der Waals surface area contributed by atoms with Crippen molar-refractivity contribution in [3.63, 3.8) is 0 Å². The minimum atomic E-state index is -0.242. The molecule has 4 aromatic rings. The van der Waals surface area contributed by atoms with Gasteiger partial charge in [-0.15, -0.1) is 0 Å². The van der Waals surface area contributed by atoms with Crippen molar-refractivity contribution in [2.75, 3.05) is 32.1 Å². The Hall–Kier alpha value is -3.72. The Bertz CT molecular complexity index is 1400. The van der Waals surface area contributed by atoms with E-state index >= 15 is 0 Å². The van der Waals surface area contributed by atoms with Crippen LogP contribution in [0, 0.1) is 19.7 Å². The van der Waals surface area contributed by atoms with E-state index in [-0.39, 0.29) is 5.82 Å². The summed E-state index contributed by atoms with van der Waals surface area (Å²) in [6.07, 6.45) is 3.41. The van der Waals surface area contributed by atoms with Crippen molar-refractivity contribution < 1.29 is 13.9 Å². The summed E-state index contributed by atoms with van der Waals surface area (Å²) >= 11 is 0. The number of hydrogen-bond acceptors (Lipinski definition) is 7. The molecule has 0 saturated carbocycles. The second kappa shape index (κ2) is 10.1. The van der Waals surface area contributed by atoms with Crippen molar-refractivity contribution >= 4 is 22.4 Å². The zero-order valence-corrected chi connectivity index (χ0v) is 21.1. The van der Waals surface area contributed by atoms with Gasteiger partial charge in [-0.1, -0.05) is 0 Å². The van der Waals surface area contributed by atoms with Gasteiger partial charge in [0.2, 0.25) is 0 Å². The lowest BCUT2D eigenvalue weighted by atomic mass is 10.1. The maximum Gasteiger partial charge on any atom is 0.162 e. The van der Waals surface area contributed by atoms with Gasteiger partial charge in [0.15, 0.2) is 11.5 Å². The number of aromatic nitrogens is 4. The first-order chi connectivity index (χ1) is 17.4. The average molecular weight is 491 g/mol. The van der Waals surface area contributed by atoms with Crippen molar-refractivity contribution in [1.29, 1.82) is 0 Å². The van der Waals surface area contributed by atoms with Crippen LogP contribution in [0.5, 0.6) is 11.5 Å². The summed E-state index contributed by atoms with van der Waals surface area (Å²) in [7, 11) is 3.65. The minimum absolute atomic E-state index is 0.242. The highest BCUT2D eigenvalue weighted by molar-refractivity contribution is 5.93. The summed E-state index contributed by atoms with van der Waals surface area (Å²) in [5.41, 5.74) is 5.87. The molecule has 0 aliphatic carbocycles. The molecule has 188 valence electrons. The highest BCUT2D eigenvalue weighted by atomic mass is 19.1. The third-order valence-electron chi connectivity index (χ3n) is 6.74. The highest BCUT2D eigenvalue weighted by Gasteiger charge is 2.21. The van der Waals surface area contributed by atoms with Gasteiger partial charge in [-0.25, -0.2) is 14.4 Å².